The van der Waals surface area contributed by atoms with Crippen LogP contribution >= 0.6 is 0 Å². The van der Waals surface area contributed by atoms with Crippen LogP contribution in [0.15, 0.2) is 0 Å². The van der Waals surface area contributed by atoms with Gasteiger partial charge in [-0.2, -0.15) is 0 Å². The van der Waals surface area contributed by atoms with E-state index in [1.54, 1.807) is 0 Å². The summed E-state index contributed by atoms with van der Waals surface area (Å²) >= 11 is 0. The maximum absolute atomic E-state index is 8.33. The van der Waals surface area contributed by atoms with Gasteiger partial charge in [0, 0.05) is 0 Å². The summed E-state index contributed by atoms with van der Waals surface area (Å²) in [5, 5.41) is 16.7. The van der Waals surface area contributed by atoms with Crippen LogP contribution in [0.25, 0.3) is 0 Å². The van der Waals surface area contributed by atoms with Crippen molar-refractivity contribution in [2.45, 2.75) is 0 Å². The summed E-state index contributed by atoms with van der Waals surface area (Å²) in [6.07, 6.45) is -2.33. The van der Waals surface area contributed by atoms with E-state index in [0.29, 0.717) is 0 Å². The van der Waals surface area contributed by atoms with E-state index in [1.807, 2.05) is 0 Å². The summed E-state index contributed by atoms with van der Waals surface area (Å²) in [5.41, 5.74) is 0. The molecule has 0 aliphatic carbocycles. The Morgan fingerprint density at radius 3 is 1.40 bits per heavy atom. The summed E-state index contributed by atoms with van der Waals surface area (Å²) in [4.78, 5) is 8.33. The molecule has 0 atom stereocenters. The fourth-order valence-corrected chi connectivity index (χ4v) is 0. The Bertz CT molecular complexity index is 29.9. The van der Waals surface area contributed by atoms with Crippen molar-refractivity contribution < 1.29 is 50.6 Å². The zero-order chi connectivity index (χ0) is 3.58. The molecule has 0 aromatic rings. The maximum Gasteiger partial charge on any atom is 3.00 e. The fraction of sp³-hybridized carbons (Fsp3) is 0. The number of rotatable bonds is 0. The van der Waals surface area contributed by atoms with Crippen LogP contribution in [0.4, 0.5) is 4.79 Å². The summed E-state index contributed by atoms with van der Waals surface area (Å²) < 4.78 is 0. The third-order valence-electron chi connectivity index (χ3n) is 0. The molecule has 0 saturated carbocycles. The predicted molar refractivity (Wildman–Crippen MR) is 5.40 cm³/mol. The topological polar surface area (TPSA) is 63.2 Å². The van der Waals surface area contributed by atoms with Gasteiger partial charge in [0.05, 0.1) is 0 Å². The Balaban J connectivity index is 0. The van der Waals surface area contributed by atoms with Crippen LogP contribution in [0.1, 0.15) is 0 Å². The minimum absolute atomic E-state index is 0. The third-order valence-corrected chi connectivity index (χ3v) is 0. The van der Waals surface area contributed by atoms with E-state index in [9.17, 15) is 0 Å². The second kappa shape index (κ2) is 4.46. The van der Waals surface area contributed by atoms with E-state index in [4.69, 9.17) is 15.0 Å². The standard InChI is InChI=1S/CH2O3.La/c2-1(3)4;/h(H2,2,3,4);/q;+3/p-2. The van der Waals surface area contributed by atoms with Crippen LogP contribution in [0.2, 0.25) is 0 Å². The van der Waals surface area contributed by atoms with Gasteiger partial charge in [0.1, 0.15) is 0 Å². The first-order valence-corrected chi connectivity index (χ1v) is 0.612. The number of hydrogen-bond donors (Lipinski definition) is 0. The zero-order valence-corrected chi connectivity index (χ0v) is 5.93. The molecule has 0 heterocycles. The molecule has 0 N–H and O–H groups in total. The monoisotopic (exact) mass is 199 g/mol. The van der Waals surface area contributed by atoms with Crippen LogP contribution < -0.4 is 10.2 Å². The Morgan fingerprint density at radius 2 is 1.40 bits per heavy atom. The first-order chi connectivity index (χ1) is 1.73. The van der Waals surface area contributed by atoms with Crippen LogP contribution in [0, 0.1) is 35.6 Å². The first-order valence-electron chi connectivity index (χ1n) is 0.612. The molecule has 0 aliphatic heterocycles. The quantitative estimate of drug-likeness (QED) is 0.435. The fourth-order valence-electron chi connectivity index (χ4n) is 0. The second-order valence-electron chi connectivity index (χ2n) is 0.250. The molecule has 0 spiro atoms. The molecule has 0 aliphatic rings. The Morgan fingerprint density at radius 1 is 1.40 bits per heavy atom. The molecule has 0 amide bonds. The Kier molecular flexibility index (Phi) is 8.10. The van der Waals surface area contributed by atoms with Crippen molar-refractivity contribution in [2.75, 3.05) is 0 Å². The second-order valence-corrected chi connectivity index (χ2v) is 0.250. The summed E-state index contributed by atoms with van der Waals surface area (Å²) in [6.45, 7) is 0. The molecule has 0 unspecified atom stereocenters. The van der Waals surface area contributed by atoms with Gasteiger partial charge in [0.15, 0.2) is 0 Å². The van der Waals surface area contributed by atoms with E-state index in [2.05, 4.69) is 0 Å². The Labute approximate surface area is 56.6 Å². The number of carboxylic acid groups (broad SMARTS) is 2. The average Bonchev–Trinajstić information content (AvgIpc) is 0.811. The van der Waals surface area contributed by atoms with Gasteiger partial charge in [-0.15, -0.1) is 0 Å². The molecular weight excluding hydrogens is 199 g/mol. The molecule has 5 heavy (non-hydrogen) atoms. The minimum Gasteiger partial charge on any atom is -0.652 e. The minimum atomic E-state index is -2.33. The van der Waals surface area contributed by atoms with Crippen molar-refractivity contribution in [2.24, 2.45) is 0 Å². The third kappa shape index (κ3) is 126. The molecule has 0 fully saturated rings. The largest absolute Gasteiger partial charge is 3.00 e. The first kappa shape index (κ1) is 9.07. The van der Waals surface area contributed by atoms with Crippen molar-refractivity contribution in [1.29, 1.82) is 0 Å². The van der Waals surface area contributed by atoms with E-state index >= 15 is 0 Å². The average molecular weight is 199 g/mol. The SMILES string of the molecule is O=C([O-])[O-].[La+3]. The summed E-state index contributed by atoms with van der Waals surface area (Å²) in [7, 11) is 0. The molecule has 0 aromatic carbocycles. The summed E-state index contributed by atoms with van der Waals surface area (Å²) in [5.74, 6) is 0. The number of hydrogen-bond acceptors (Lipinski definition) is 3. The molecule has 0 aromatic heterocycles. The molecule has 4 heteroatoms. The normalized spacial score (nSPS) is 4.80. The van der Waals surface area contributed by atoms with Gasteiger partial charge in [0.2, 0.25) is 0 Å². The molecule has 0 bridgehead atoms. The van der Waals surface area contributed by atoms with Gasteiger partial charge in [0.25, 0.3) is 0 Å². The Hall–Kier alpha value is 0.465. The molecule has 24 valence electrons. The van der Waals surface area contributed by atoms with Gasteiger partial charge < -0.3 is 15.0 Å². The van der Waals surface area contributed by atoms with Gasteiger partial charge in [-0.05, 0) is 6.16 Å². The van der Waals surface area contributed by atoms with Crippen LogP contribution in [0.5, 0.6) is 0 Å². The molecule has 3 nitrogen and oxygen atoms in total. The van der Waals surface area contributed by atoms with Gasteiger partial charge >= 0.3 is 35.6 Å². The van der Waals surface area contributed by atoms with Gasteiger partial charge in [-0.25, -0.2) is 0 Å². The predicted octanol–water partition coefficient (Wildman–Crippen LogP) is -2.45. The van der Waals surface area contributed by atoms with Crippen molar-refractivity contribution in [1.82, 2.24) is 0 Å². The van der Waals surface area contributed by atoms with Gasteiger partial charge in [-0.1, -0.05) is 0 Å². The van der Waals surface area contributed by atoms with Crippen LogP contribution in [0.3, 0.4) is 0 Å². The number of carbonyl (C=O) groups is 1. The maximum atomic E-state index is 8.33. The molecule has 0 rings (SSSR count). The van der Waals surface area contributed by atoms with Crippen molar-refractivity contribution in [3.63, 3.8) is 0 Å². The van der Waals surface area contributed by atoms with E-state index in [-0.39, 0.29) is 35.6 Å². The van der Waals surface area contributed by atoms with Crippen molar-refractivity contribution >= 4 is 6.16 Å². The van der Waals surface area contributed by atoms with E-state index < -0.39 is 6.16 Å². The zero-order valence-electron chi connectivity index (χ0n) is 2.30. The molecule has 0 radical (unpaired) electrons. The smallest absolute Gasteiger partial charge is 0.652 e. The molecule has 0 saturated heterocycles. The van der Waals surface area contributed by atoms with Crippen molar-refractivity contribution in [3.8, 4) is 0 Å². The van der Waals surface area contributed by atoms with E-state index in [1.165, 1.54) is 0 Å². The van der Waals surface area contributed by atoms with Crippen molar-refractivity contribution in [3.05, 3.63) is 0 Å². The van der Waals surface area contributed by atoms with Crippen LogP contribution in [-0.2, 0) is 0 Å². The van der Waals surface area contributed by atoms with Gasteiger partial charge in [-0.3, -0.25) is 0 Å². The molecular formula is CLaO3+. The van der Waals surface area contributed by atoms with E-state index in [0.717, 1.165) is 0 Å². The number of carbonyl (C=O) groups excluding carboxylic acids is 1. The van der Waals surface area contributed by atoms with Crippen LogP contribution in [-0.4, -0.2) is 6.16 Å². The summed E-state index contributed by atoms with van der Waals surface area (Å²) in [6, 6.07) is 0.